The average Bonchev–Trinajstić information content (AvgIpc) is 2.88. The fourth-order valence-electron chi connectivity index (χ4n) is 4.89. The van der Waals surface area contributed by atoms with E-state index in [1.807, 2.05) is 0 Å². The molecule has 2 aromatic rings. The lowest BCUT2D eigenvalue weighted by Crippen LogP contribution is -2.45. The lowest BCUT2D eigenvalue weighted by atomic mass is 9.76. The van der Waals surface area contributed by atoms with Crippen molar-refractivity contribution in [1.82, 2.24) is 0 Å². The van der Waals surface area contributed by atoms with Crippen molar-refractivity contribution in [2.45, 2.75) is 48.4 Å². The van der Waals surface area contributed by atoms with Gasteiger partial charge in [0.15, 0.2) is 27.3 Å². The number of hydrogen-bond donors (Lipinski definition) is 2. The largest absolute Gasteiger partial charge is 0.390 e. The number of rotatable bonds is 4. The van der Waals surface area contributed by atoms with Gasteiger partial charge in [0, 0.05) is 23.4 Å². The Morgan fingerprint density at radius 2 is 1.66 bits per heavy atom. The van der Waals surface area contributed by atoms with Crippen LogP contribution in [0.1, 0.15) is 43.0 Å². The van der Waals surface area contributed by atoms with Crippen molar-refractivity contribution in [3.63, 3.8) is 0 Å². The first-order valence-electron chi connectivity index (χ1n) is 10.1. The van der Waals surface area contributed by atoms with Crippen LogP contribution in [0.3, 0.4) is 0 Å². The molecule has 172 valence electrons. The molecule has 0 heterocycles. The molecule has 0 saturated heterocycles. The summed E-state index contributed by atoms with van der Waals surface area (Å²) in [4.78, 5) is 12.4. The summed E-state index contributed by atoms with van der Waals surface area (Å²) in [5.74, 6) is -5.70. The zero-order chi connectivity index (χ0) is 23.4. The van der Waals surface area contributed by atoms with Crippen molar-refractivity contribution in [2.24, 2.45) is 11.8 Å². The van der Waals surface area contributed by atoms with Crippen LogP contribution in [-0.2, 0) is 9.84 Å². The van der Waals surface area contributed by atoms with Gasteiger partial charge in [0.2, 0.25) is 0 Å². The summed E-state index contributed by atoms with van der Waals surface area (Å²) in [7, 11) is -3.91. The average molecular weight is 488 g/mol. The number of amides is 1. The number of halogens is 4. The van der Waals surface area contributed by atoms with Crippen molar-refractivity contribution in [3.05, 3.63) is 58.4 Å². The molecule has 10 heteroatoms. The molecule has 2 aromatic carbocycles. The quantitative estimate of drug-likeness (QED) is 0.611. The maximum Gasteiger partial charge on any atom is 0.255 e. The number of fused-ring (bicyclic) bond motifs is 2. The van der Waals surface area contributed by atoms with Gasteiger partial charge in [-0.3, -0.25) is 4.79 Å². The molecule has 2 N–H and O–H groups in total. The lowest BCUT2D eigenvalue weighted by Gasteiger charge is -2.40. The Balaban J connectivity index is 1.61. The molecule has 4 rings (SSSR count). The van der Waals surface area contributed by atoms with E-state index in [9.17, 15) is 31.5 Å². The first kappa shape index (κ1) is 23.1. The second kappa shape index (κ2) is 8.04. The predicted molar refractivity (Wildman–Crippen MR) is 113 cm³/mol. The van der Waals surface area contributed by atoms with Crippen LogP contribution in [0.25, 0.3) is 0 Å². The Morgan fingerprint density at radius 1 is 1.09 bits per heavy atom. The van der Waals surface area contributed by atoms with E-state index in [-0.39, 0.29) is 33.0 Å². The lowest BCUT2D eigenvalue weighted by molar-refractivity contribution is -0.0413. The summed E-state index contributed by atoms with van der Waals surface area (Å²) in [6.07, 6.45) is 2.11. The van der Waals surface area contributed by atoms with Crippen LogP contribution in [0, 0.1) is 29.3 Å². The van der Waals surface area contributed by atoms with Crippen molar-refractivity contribution >= 4 is 33.0 Å². The first-order valence-corrected chi connectivity index (χ1v) is 12.1. The molecule has 2 fully saturated rings. The fourth-order valence-corrected chi connectivity index (χ4v) is 7.29. The number of nitrogens with one attached hydrogen (secondary N) is 1. The molecule has 2 atom stereocenters. The van der Waals surface area contributed by atoms with Crippen molar-refractivity contribution < 1.29 is 31.5 Å². The molecule has 5 nitrogen and oxygen atoms in total. The van der Waals surface area contributed by atoms with E-state index in [4.69, 9.17) is 11.6 Å². The van der Waals surface area contributed by atoms with Crippen LogP contribution in [0.5, 0.6) is 0 Å². The highest BCUT2D eigenvalue weighted by atomic mass is 35.5. The summed E-state index contributed by atoms with van der Waals surface area (Å²) >= 11 is 6.17. The van der Waals surface area contributed by atoms with Gasteiger partial charge in [-0.05, 0) is 62.6 Å². The van der Waals surface area contributed by atoms with Crippen LogP contribution in [-0.4, -0.2) is 30.3 Å². The molecular weight excluding hydrogens is 467 g/mol. The number of sulfone groups is 1. The highest BCUT2D eigenvalue weighted by Gasteiger charge is 2.53. The normalized spacial score (nSPS) is 27.4. The Hall–Kier alpha value is -2.10. The highest BCUT2D eigenvalue weighted by Crippen LogP contribution is 2.51. The van der Waals surface area contributed by atoms with E-state index in [1.54, 1.807) is 6.92 Å². The van der Waals surface area contributed by atoms with Gasteiger partial charge in [-0.25, -0.2) is 21.6 Å². The van der Waals surface area contributed by atoms with Gasteiger partial charge < -0.3 is 10.4 Å². The smallest absolute Gasteiger partial charge is 0.255 e. The molecule has 0 aliphatic heterocycles. The number of anilines is 1. The molecule has 2 bridgehead atoms. The first-order chi connectivity index (χ1) is 14.9. The SMILES string of the molecule is C[C@]1(O)C2CCC1C[C@H](S(=O)(=O)c1cc(C(=O)Nc3cc(F)c(F)c(F)c3)ccc1Cl)C2. The van der Waals surface area contributed by atoms with E-state index in [0.29, 0.717) is 25.0 Å². The van der Waals surface area contributed by atoms with Gasteiger partial charge in [-0.15, -0.1) is 0 Å². The van der Waals surface area contributed by atoms with Gasteiger partial charge in [0.05, 0.1) is 20.8 Å². The number of carbonyl (C=O) groups is 1. The summed E-state index contributed by atoms with van der Waals surface area (Å²) in [5.41, 5.74) is -1.31. The number of carbonyl (C=O) groups excluding carboxylic acids is 1. The molecule has 0 aromatic heterocycles. The van der Waals surface area contributed by atoms with Gasteiger partial charge in [-0.2, -0.15) is 0 Å². The Bertz CT molecular complexity index is 1160. The van der Waals surface area contributed by atoms with Crippen LogP contribution in [0.4, 0.5) is 18.9 Å². The van der Waals surface area contributed by atoms with Gasteiger partial charge in [0.25, 0.3) is 5.91 Å². The van der Waals surface area contributed by atoms with E-state index < -0.39 is 44.0 Å². The minimum atomic E-state index is -3.91. The molecule has 1 amide bonds. The maximum absolute atomic E-state index is 13.4. The number of aliphatic hydroxyl groups is 1. The molecule has 2 aliphatic carbocycles. The molecular formula is C22H21ClF3NO4S. The molecule has 0 spiro atoms. The maximum atomic E-state index is 13.4. The second-order valence-corrected chi connectivity index (χ2v) is 11.3. The summed E-state index contributed by atoms with van der Waals surface area (Å²) < 4.78 is 66.7. The van der Waals surface area contributed by atoms with Crippen LogP contribution in [0.2, 0.25) is 5.02 Å². The summed E-state index contributed by atoms with van der Waals surface area (Å²) in [6, 6.07) is 4.91. The topological polar surface area (TPSA) is 83.5 Å². The van der Waals surface area contributed by atoms with Crippen molar-refractivity contribution in [3.8, 4) is 0 Å². The van der Waals surface area contributed by atoms with Crippen LogP contribution in [0.15, 0.2) is 35.2 Å². The Morgan fingerprint density at radius 3 is 2.22 bits per heavy atom. The standard InChI is InChI=1S/C22H21ClF3NO4S/c1-22(29)12-3-4-13(22)8-15(7-12)32(30,31)19-6-11(2-5-16(19)23)21(28)27-14-9-17(24)20(26)18(25)10-14/h2,5-6,9-10,12-13,15,29H,3-4,7-8H2,1H3,(H,27,28)/t12?,13?,15-,22+. The third-order valence-electron chi connectivity index (χ3n) is 6.79. The van der Waals surface area contributed by atoms with E-state index in [1.165, 1.54) is 12.1 Å². The molecule has 2 unspecified atom stereocenters. The zero-order valence-corrected chi connectivity index (χ0v) is 18.6. The second-order valence-electron chi connectivity index (χ2n) is 8.69. The fraction of sp³-hybridized carbons (Fsp3) is 0.409. The Kier molecular flexibility index (Phi) is 5.80. The monoisotopic (exact) mass is 487 g/mol. The molecule has 0 radical (unpaired) electrons. The summed E-state index contributed by atoms with van der Waals surface area (Å²) in [5, 5.41) is 12.1. The van der Waals surface area contributed by atoms with E-state index in [2.05, 4.69) is 5.32 Å². The molecule has 32 heavy (non-hydrogen) atoms. The van der Waals surface area contributed by atoms with Gasteiger partial charge >= 0.3 is 0 Å². The minimum absolute atomic E-state index is 0.0508. The molecule has 2 saturated carbocycles. The van der Waals surface area contributed by atoms with Gasteiger partial charge in [-0.1, -0.05) is 11.6 Å². The third kappa shape index (κ3) is 3.91. The zero-order valence-electron chi connectivity index (χ0n) is 17.0. The van der Waals surface area contributed by atoms with Gasteiger partial charge in [0.1, 0.15) is 0 Å². The highest BCUT2D eigenvalue weighted by molar-refractivity contribution is 7.92. The molecule has 2 aliphatic rings. The minimum Gasteiger partial charge on any atom is -0.390 e. The van der Waals surface area contributed by atoms with E-state index in [0.717, 1.165) is 18.9 Å². The number of benzene rings is 2. The summed E-state index contributed by atoms with van der Waals surface area (Å²) in [6.45, 7) is 1.75. The predicted octanol–water partition coefficient (Wildman–Crippen LogP) is 4.72. The van der Waals surface area contributed by atoms with E-state index >= 15 is 0 Å². The Labute approximate surface area is 188 Å². The van der Waals surface area contributed by atoms with Crippen LogP contribution >= 0.6 is 11.6 Å². The van der Waals surface area contributed by atoms with Crippen molar-refractivity contribution in [2.75, 3.05) is 5.32 Å². The number of hydrogen-bond acceptors (Lipinski definition) is 4. The van der Waals surface area contributed by atoms with Crippen molar-refractivity contribution in [1.29, 1.82) is 0 Å². The third-order valence-corrected chi connectivity index (χ3v) is 9.45. The van der Waals surface area contributed by atoms with Crippen LogP contribution < -0.4 is 5.32 Å².